The lowest BCUT2D eigenvalue weighted by Crippen LogP contribution is -2.28. The molecule has 126 valence electrons. The minimum absolute atomic E-state index is 0.0256. The Labute approximate surface area is 140 Å². The molecule has 2 unspecified atom stereocenters. The molecule has 2 atom stereocenters. The third-order valence-corrected chi connectivity index (χ3v) is 5.42. The van der Waals surface area contributed by atoms with Crippen molar-refractivity contribution in [1.29, 1.82) is 0 Å². The van der Waals surface area contributed by atoms with Gasteiger partial charge in [0, 0.05) is 10.5 Å². The number of rotatable bonds is 10. The zero-order chi connectivity index (χ0) is 16.7. The molecule has 2 aromatic heterocycles. The lowest BCUT2D eigenvalue weighted by atomic mass is 10.1. The fraction of sp³-hybridized carbons (Fsp3) is 0.700. The average molecular weight is 359 g/mol. The number of aromatic nitrogens is 8. The van der Waals surface area contributed by atoms with E-state index in [0.29, 0.717) is 10.3 Å². The van der Waals surface area contributed by atoms with E-state index in [1.807, 2.05) is 19.0 Å². The largest absolute Gasteiger partial charge is 0.481 e. The van der Waals surface area contributed by atoms with E-state index in [2.05, 4.69) is 41.2 Å². The van der Waals surface area contributed by atoms with Gasteiger partial charge in [0.1, 0.15) is 0 Å². The van der Waals surface area contributed by atoms with Gasteiger partial charge in [-0.15, -0.1) is 20.4 Å². The highest BCUT2D eigenvalue weighted by atomic mass is 32.2. The second-order valence-electron chi connectivity index (χ2n) is 4.89. The smallest absolute Gasteiger partial charge is 0.304 e. The highest BCUT2D eigenvalue weighted by Crippen LogP contribution is 2.35. The van der Waals surface area contributed by atoms with Crippen LogP contribution in [0.25, 0.3) is 0 Å². The van der Waals surface area contributed by atoms with Gasteiger partial charge in [0.2, 0.25) is 10.3 Å². The number of carbonyl (C=O) groups is 1. The van der Waals surface area contributed by atoms with Crippen LogP contribution in [-0.2, 0) is 4.79 Å². The minimum Gasteiger partial charge on any atom is -0.481 e. The van der Waals surface area contributed by atoms with Gasteiger partial charge in [-0.25, -0.2) is 0 Å². The lowest BCUT2D eigenvalue weighted by molar-refractivity contribution is -0.136. The van der Waals surface area contributed by atoms with Crippen LogP contribution in [0.1, 0.15) is 12.8 Å². The van der Waals surface area contributed by atoms with E-state index in [0.717, 1.165) is 13.0 Å². The molecular formula is C10H17N9O2S2. The van der Waals surface area contributed by atoms with E-state index in [-0.39, 0.29) is 16.9 Å². The third-order valence-electron chi connectivity index (χ3n) is 2.82. The van der Waals surface area contributed by atoms with Crippen LogP contribution in [0, 0.1) is 0 Å². The average Bonchev–Trinajstić information content (AvgIpc) is 3.15. The quantitative estimate of drug-likeness (QED) is 0.482. The van der Waals surface area contributed by atoms with Crippen molar-refractivity contribution in [2.24, 2.45) is 0 Å². The molecule has 11 nitrogen and oxygen atoms in total. The standard InChI is InChI=1S/C10H17N9O2S2/c1-19(2)4-3-6(22-9-11-15-16-12-9)7(5-8(20)21)23-10-13-17-18-14-10/h6-7H,3-5H2,1-2H3,(H,20,21)(H,11,12,15,16)(H,13,14,17,18). The van der Waals surface area contributed by atoms with Crippen molar-refractivity contribution in [2.45, 2.75) is 33.7 Å². The Kier molecular flexibility index (Phi) is 6.73. The SMILES string of the molecule is CN(C)CCC(Sc1nn[nH]n1)C(CC(=O)O)Sc1nn[nH]n1. The molecule has 0 aliphatic rings. The number of tetrazole rings is 2. The van der Waals surface area contributed by atoms with Crippen molar-refractivity contribution in [3.05, 3.63) is 0 Å². The van der Waals surface area contributed by atoms with Crippen LogP contribution < -0.4 is 0 Å². The Morgan fingerprint density at radius 2 is 1.70 bits per heavy atom. The third kappa shape index (κ3) is 6.11. The molecule has 23 heavy (non-hydrogen) atoms. The number of hydrogen-bond donors (Lipinski definition) is 3. The Morgan fingerprint density at radius 1 is 1.13 bits per heavy atom. The first kappa shape index (κ1) is 17.6. The first-order valence-corrected chi connectivity index (χ1v) is 8.47. The fourth-order valence-corrected chi connectivity index (χ4v) is 4.03. The van der Waals surface area contributed by atoms with Crippen molar-refractivity contribution in [3.8, 4) is 0 Å². The molecule has 0 aromatic carbocycles. The van der Waals surface area contributed by atoms with Crippen LogP contribution in [0.3, 0.4) is 0 Å². The summed E-state index contributed by atoms with van der Waals surface area (Å²) in [6.07, 6.45) is 0.733. The van der Waals surface area contributed by atoms with Gasteiger partial charge in [0.05, 0.1) is 6.42 Å². The Balaban J connectivity index is 2.12. The maximum Gasteiger partial charge on any atom is 0.304 e. The first-order chi connectivity index (χ1) is 11.0. The summed E-state index contributed by atoms with van der Waals surface area (Å²) in [5, 5.41) is 37.3. The normalized spacial score (nSPS) is 14.0. The van der Waals surface area contributed by atoms with Gasteiger partial charge < -0.3 is 10.0 Å². The predicted molar refractivity (Wildman–Crippen MR) is 83.1 cm³/mol. The van der Waals surface area contributed by atoms with E-state index in [1.54, 1.807) is 0 Å². The number of aliphatic carboxylic acids is 1. The van der Waals surface area contributed by atoms with Gasteiger partial charge >= 0.3 is 5.97 Å². The molecule has 0 spiro atoms. The number of hydrogen-bond acceptors (Lipinski definition) is 10. The molecule has 2 rings (SSSR count). The first-order valence-electron chi connectivity index (χ1n) is 6.71. The number of aromatic amines is 2. The van der Waals surface area contributed by atoms with Gasteiger partial charge in [-0.3, -0.25) is 4.79 Å². The zero-order valence-corrected chi connectivity index (χ0v) is 14.2. The number of thioether (sulfide) groups is 2. The van der Waals surface area contributed by atoms with E-state index in [4.69, 9.17) is 0 Å². The molecule has 0 aliphatic carbocycles. The number of nitrogens with zero attached hydrogens (tertiary/aromatic N) is 7. The van der Waals surface area contributed by atoms with Gasteiger partial charge in [-0.2, -0.15) is 10.4 Å². The van der Waals surface area contributed by atoms with Crippen LogP contribution in [0.4, 0.5) is 0 Å². The Morgan fingerprint density at radius 3 is 2.13 bits per heavy atom. The Bertz CT molecular complexity index is 577. The topological polar surface area (TPSA) is 149 Å². The number of nitrogens with one attached hydrogen (secondary N) is 2. The van der Waals surface area contributed by atoms with Gasteiger partial charge in [-0.1, -0.05) is 23.5 Å². The van der Waals surface area contributed by atoms with Crippen LogP contribution in [0.5, 0.6) is 0 Å². The molecule has 3 N–H and O–H groups in total. The molecule has 0 amide bonds. The number of carboxylic acids is 1. The van der Waals surface area contributed by atoms with Gasteiger partial charge in [-0.05, 0) is 37.5 Å². The molecule has 0 fully saturated rings. The number of H-pyrrole nitrogens is 2. The van der Waals surface area contributed by atoms with E-state index < -0.39 is 5.97 Å². The summed E-state index contributed by atoms with van der Waals surface area (Å²) in [5.74, 6) is -0.880. The highest BCUT2D eigenvalue weighted by molar-refractivity contribution is 8.03. The van der Waals surface area contributed by atoms with Gasteiger partial charge in [0.25, 0.3) is 0 Å². The molecule has 0 saturated heterocycles. The summed E-state index contributed by atoms with van der Waals surface area (Å²) in [6.45, 7) is 0.804. The zero-order valence-electron chi connectivity index (χ0n) is 12.6. The van der Waals surface area contributed by atoms with E-state index >= 15 is 0 Å². The molecular weight excluding hydrogens is 342 g/mol. The van der Waals surface area contributed by atoms with Crippen molar-refractivity contribution in [1.82, 2.24) is 46.1 Å². The molecule has 0 radical (unpaired) electrons. The summed E-state index contributed by atoms with van der Waals surface area (Å²) >= 11 is 2.68. The van der Waals surface area contributed by atoms with Crippen molar-refractivity contribution in [2.75, 3.05) is 20.6 Å². The molecule has 0 bridgehead atoms. The summed E-state index contributed by atoms with van der Waals surface area (Å²) in [7, 11) is 3.93. The second kappa shape index (κ2) is 8.79. The predicted octanol–water partition coefficient (Wildman–Crippen LogP) is -0.239. The lowest BCUT2D eigenvalue weighted by Gasteiger charge is -2.24. The van der Waals surface area contributed by atoms with Crippen LogP contribution in [0.2, 0.25) is 0 Å². The fourth-order valence-electron chi connectivity index (χ4n) is 1.80. The van der Waals surface area contributed by atoms with E-state index in [9.17, 15) is 9.90 Å². The Hall–Kier alpha value is -1.73. The molecule has 2 heterocycles. The summed E-state index contributed by atoms with van der Waals surface area (Å²) < 4.78 is 0. The van der Waals surface area contributed by atoms with Crippen molar-refractivity contribution in [3.63, 3.8) is 0 Å². The molecule has 13 heteroatoms. The molecule has 0 saturated carbocycles. The maximum atomic E-state index is 11.2. The summed E-state index contributed by atoms with van der Waals surface area (Å²) in [6, 6.07) is 0. The van der Waals surface area contributed by atoms with Crippen molar-refractivity contribution >= 4 is 29.5 Å². The summed E-state index contributed by atoms with van der Waals surface area (Å²) in [5.41, 5.74) is 0. The summed E-state index contributed by atoms with van der Waals surface area (Å²) in [4.78, 5) is 13.3. The highest BCUT2D eigenvalue weighted by Gasteiger charge is 2.29. The second-order valence-corrected chi connectivity index (χ2v) is 7.30. The minimum atomic E-state index is -0.880. The van der Waals surface area contributed by atoms with Gasteiger partial charge in [0.15, 0.2) is 0 Å². The van der Waals surface area contributed by atoms with Crippen LogP contribution in [-0.4, -0.2) is 88.4 Å². The monoisotopic (exact) mass is 359 g/mol. The van der Waals surface area contributed by atoms with E-state index in [1.165, 1.54) is 23.5 Å². The maximum absolute atomic E-state index is 11.2. The van der Waals surface area contributed by atoms with Crippen molar-refractivity contribution < 1.29 is 9.90 Å². The van der Waals surface area contributed by atoms with Crippen LogP contribution in [0.15, 0.2) is 10.3 Å². The van der Waals surface area contributed by atoms with Crippen LogP contribution >= 0.6 is 23.5 Å². The number of carboxylic acid groups (broad SMARTS) is 1. The molecule has 2 aromatic rings. The molecule has 0 aliphatic heterocycles.